The van der Waals surface area contributed by atoms with Gasteiger partial charge >= 0.3 is 5.97 Å². The van der Waals surface area contributed by atoms with Crippen LogP contribution in [0.4, 0.5) is 0 Å². The molecule has 4 heteroatoms. The van der Waals surface area contributed by atoms with Crippen molar-refractivity contribution in [1.29, 1.82) is 0 Å². The maximum Gasteiger partial charge on any atom is 0.355 e. The molecule has 0 saturated heterocycles. The van der Waals surface area contributed by atoms with Gasteiger partial charge in [-0.2, -0.15) is 0 Å². The lowest BCUT2D eigenvalue weighted by atomic mass is 9.92. The Morgan fingerprint density at radius 2 is 1.50 bits per heavy atom. The third kappa shape index (κ3) is 4.01. The van der Waals surface area contributed by atoms with Crippen molar-refractivity contribution < 1.29 is 19.4 Å². The number of methoxy groups -OCH3 is 1. The summed E-state index contributed by atoms with van der Waals surface area (Å²) in [5.74, 6) is 4.62. The van der Waals surface area contributed by atoms with Crippen LogP contribution in [0.1, 0.15) is 21.5 Å². The zero-order valence-corrected chi connectivity index (χ0v) is 15.3. The van der Waals surface area contributed by atoms with Crippen LogP contribution < -0.4 is 0 Å². The molecule has 0 unspecified atom stereocenters. The maximum absolute atomic E-state index is 12.3. The molecular weight excluding hydrogens is 352 g/mol. The zero-order chi connectivity index (χ0) is 20.0. The summed E-state index contributed by atoms with van der Waals surface area (Å²) in [6, 6.07) is 23.1. The molecule has 0 heterocycles. The van der Waals surface area contributed by atoms with Crippen LogP contribution in [0, 0.1) is 11.8 Å². The molecule has 0 bridgehead atoms. The first-order valence-electron chi connectivity index (χ1n) is 8.62. The molecule has 0 amide bonds. The number of esters is 1. The number of ether oxygens (including phenoxy) is 1. The van der Waals surface area contributed by atoms with E-state index >= 15 is 0 Å². The Hall–Kier alpha value is -3.68. The Balaban J connectivity index is 1.96. The SMILES string of the molecule is COC(=O)[C@](O)(C#Cc1ccccc1)c1ccc(-c2ccc(C=O)cc2)cc1. The number of aliphatic hydroxyl groups is 1. The lowest BCUT2D eigenvalue weighted by Gasteiger charge is -2.20. The Morgan fingerprint density at radius 3 is 2.04 bits per heavy atom. The van der Waals surface area contributed by atoms with E-state index in [1.807, 2.05) is 30.3 Å². The minimum atomic E-state index is -2.08. The van der Waals surface area contributed by atoms with Gasteiger partial charge in [0.1, 0.15) is 6.29 Å². The van der Waals surface area contributed by atoms with E-state index in [-0.39, 0.29) is 0 Å². The van der Waals surface area contributed by atoms with Gasteiger partial charge in [0, 0.05) is 16.7 Å². The van der Waals surface area contributed by atoms with Crippen LogP contribution in [0.3, 0.4) is 0 Å². The highest BCUT2D eigenvalue weighted by atomic mass is 16.5. The topological polar surface area (TPSA) is 63.6 Å². The monoisotopic (exact) mass is 370 g/mol. The summed E-state index contributed by atoms with van der Waals surface area (Å²) in [6.07, 6.45) is 0.786. The number of rotatable bonds is 4. The average molecular weight is 370 g/mol. The van der Waals surface area contributed by atoms with Crippen molar-refractivity contribution in [2.75, 3.05) is 7.11 Å². The third-order valence-corrected chi connectivity index (χ3v) is 4.33. The second-order valence-corrected chi connectivity index (χ2v) is 6.14. The van der Waals surface area contributed by atoms with E-state index in [1.165, 1.54) is 7.11 Å². The standard InChI is InChI=1S/C24H18O4/c1-28-23(26)24(27,16-15-18-5-3-2-4-6-18)22-13-11-21(12-14-22)20-9-7-19(17-25)8-10-20/h2-14,17,27H,1H3/t24-/m0/s1. The summed E-state index contributed by atoms with van der Waals surface area (Å²) in [5, 5.41) is 11.0. The number of benzene rings is 3. The van der Waals surface area contributed by atoms with Crippen molar-refractivity contribution in [3.63, 3.8) is 0 Å². The van der Waals surface area contributed by atoms with Crippen LogP contribution in [0.25, 0.3) is 11.1 Å². The van der Waals surface area contributed by atoms with Gasteiger partial charge < -0.3 is 9.84 Å². The first kappa shape index (κ1) is 19.1. The summed E-state index contributed by atoms with van der Waals surface area (Å²) in [5.41, 5.74) is 1.30. The van der Waals surface area contributed by atoms with Crippen LogP contribution in [-0.2, 0) is 15.1 Å². The van der Waals surface area contributed by atoms with Gasteiger partial charge in [0.2, 0.25) is 0 Å². The lowest BCUT2D eigenvalue weighted by molar-refractivity contribution is -0.157. The van der Waals surface area contributed by atoms with E-state index in [2.05, 4.69) is 11.8 Å². The van der Waals surface area contributed by atoms with E-state index in [4.69, 9.17) is 4.74 Å². The Bertz CT molecular complexity index is 1030. The molecule has 1 N–H and O–H groups in total. The van der Waals surface area contributed by atoms with Crippen molar-refractivity contribution in [1.82, 2.24) is 0 Å². The van der Waals surface area contributed by atoms with Crippen LogP contribution in [0.2, 0.25) is 0 Å². The maximum atomic E-state index is 12.3. The molecule has 3 aromatic carbocycles. The fraction of sp³-hybridized carbons (Fsp3) is 0.0833. The second kappa shape index (κ2) is 8.34. The molecular formula is C24H18O4. The zero-order valence-electron chi connectivity index (χ0n) is 15.3. The fourth-order valence-corrected chi connectivity index (χ4v) is 2.73. The van der Waals surface area contributed by atoms with Crippen molar-refractivity contribution in [2.45, 2.75) is 5.60 Å². The van der Waals surface area contributed by atoms with Crippen molar-refractivity contribution in [3.8, 4) is 23.0 Å². The summed E-state index contributed by atoms with van der Waals surface area (Å²) < 4.78 is 4.77. The van der Waals surface area contributed by atoms with Crippen molar-refractivity contribution >= 4 is 12.3 Å². The van der Waals surface area contributed by atoms with E-state index < -0.39 is 11.6 Å². The highest BCUT2D eigenvalue weighted by Crippen LogP contribution is 2.26. The minimum Gasteiger partial charge on any atom is -0.466 e. The van der Waals surface area contributed by atoms with Crippen LogP contribution in [0.5, 0.6) is 0 Å². The number of hydrogen-bond acceptors (Lipinski definition) is 4. The smallest absolute Gasteiger partial charge is 0.355 e. The summed E-state index contributed by atoms with van der Waals surface area (Å²) in [7, 11) is 1.21. The van der Waals surface area contributed by atoms with E-state index in [0.29, 0.717) is 16.7 Å². The average Bonchev–Trinajstić information content (AvgIpc) is 2.77. The molecule has 0 aliphatic heterocycles. The first-order valence-corrected chi connectivity index (χ1v) is 8.62. The molecule has 0 saturated carbocycles. The number of carbonyl (C=O) groups excluding carboxylic acids is 2. The predicted molar refractivity (Wildman–Crippen MR) is 106 cm³/mol. The molecule has 3 aromatic rings. The van der Waals surface area contributed by atoms with Gasteiger partial charge in [-0.15, -0.1) is 0 Å². The Morgan fingerprint density at radius 1 is 0.929 bits per heavy atom. The highest BCUT2D eigenvalue weighted by molar-refractivity contribution is 5.85. The molecule has 138 valence electrons. The minimum absolute atomic E-state index is 0.316. The van der Waals surface area contributed by atoms with Gasteiger partial charge in [-0.25, -0.2) is 4.79 Å². The summed E-state index contributed by atoms with van der Waals surface area (Å²) >= 11 is 0. The van der Waals surface area contributed by atoms with Crippen LogP contribution in [0.15, 0.2) is 78.9 Å². The number of carbonyl (C=O) groups is 2. The van der Waals surface area contributed by atoms with Gasteiger partial charge in [-0.1, -0.05) is 72.7 Å². The lowest BCUT2D eigenvalue weighted by Crippen LogP contribution is -2.35. The molecule has 0 aliphatic carbocycles. The first-order chi connectivity index (χ1) is 13.6. The van der Waals surface area contributed by atoms with E-state index in [0.717, 1.165) is 17.4 Å². The largest absolute Gasteiger partial charge is 0.466 e. The quantitative estimate of drug-likeness (QED) is 0.433. The Kier molecular flexibility index (Phi) is 5.69. The molecule has 4 nitrogen and oxygen atoms in total. The predicted octanol–water partition coefficient (Wildman–Crippen LogP) is 3.58. The van der Waals surface area contributed by atoms with E-state index in [1.54, 1.807) is 48.5 Å². The van der Waals surface area contributed by atoms with Gasteiger partial charge in [-0.05, 0) is 29.2 Å². The summed E-state index contributed by atoms with van der Waals surface area (Å²) in [4.78, 5) is 23.1. The van der Waals surface area contributed by atoms with Crippen LogP contribution in [-0.4, -0.2) is 24.5 Å². The molecule has 28 heavy (non-hydrogen) atoms. The highest BCUT2D eigenvalue weighted by Gasteiger charge is 2.37. The van der Waals surface area contributed by atoms with Crippen molar-refractivity contribution in [2.24, 2.45) is 0 Å². The molecule has 0 aromatic heterocycles. The molecule has 3 rings (SSSR count). The van der Waals surface area contributed by atoms with E-state index in [9.17, 15) is 14.7 Å². The number of aldehydes is 1. The van der Waals surface area contributed by atoms with Gasteiger partial charge in [0.15, 0.2) is 0 Å². The molecule has 0 aliphatic rings. The second-order valence-electron chi connectivity index (χ2n) is 6.14. The summed E-state index contributed by atoms with van der Waals surface area (Å²) in [6.45, 7) is 0. The van der Waals surface area contributed by atoms with Crippen molar-refractivity contribution in [3.05, 3.63) is 95.6 Å². The van der Waals surface area contributed by atoms with Gasteiger partial charge in [-0.3, -0.25) is 4.79 Å². The molecule has 0 spiro atoms. The molecule has 0 radical (unpaired) electrons. The fourth-order valence-electron chi connectivity index (χ4n) is 2.73. The van der Waals surface area contributed by atoms with Crippen LogP contribution >= 0.6 is 0 Å². The van der Waals surface area contributed by atoms with Gasteiger partial charge in [0.05, 0.1) is 7.11 Å². The number of hydrogen-bond donors (Lipinski definition) is 1. The van der Waals surface area contributed by atoms with Gasteiger partial charge in [0.25, 0.3) is 5.60 Å². The Labute approximate surface area is 163 Å². The normalized spacial score (nSPS) is 12.2. The third-order valence-electron chi connectivity index (χ3n) is 4.33. The molecule has 1 atom stereocenters. The molecule has 0 fully saturated rings.